The maximum atomic E-state index is 13.9. The van der Waals surface area contributed by atoms with Gasteiger partial charge in [0.2, 0.25) is 0 Å². The van der Waals surface area contributed by atoms with E-state index in [0.717, 1.165) is 0 Å². The predicted molar refractivity (Wildman–Crippen MR) is 90.1 cm³/mol. The minimum absolute atomic E-state index is 0.0793. The Labute approximate surface area is 143 Å². The fourth-order valence-electron chi connectivity index (χ4n) is 1.97. The second kappa shape index (κ2) is 9.01. The van der Waals surface area contributed by atoms with Gasteiger partial charge in [-0.25, -0.2) is 14.2 Å². The number of nitrogens with one attached hydrogen (secondary N) is 1. The summed E-state index contributed by atoms with van der Waals surface area (Å²) in [5.74, 6) is 4.37. The van der Waals surface area contributed by atoms with Crippen molar-refractivity contribution in [3.63, 3.8) is 0 Å². The number of nitrogens with zero attached hydrogens (tertiary/aromatic N) is 1. The van der Waals surface area contributed by atoms with Crippen molar-refractivity contribution >= 4 is 17.3 Å². The highest BCUT2D eigenvalue weighted by atomic mass is 32.1. The van der Waals surface area contributed by atoms with Crippen LogP contribution in [-0.2, 0) is 6.42 Å². The molecule has 0 saturated heterocycles. The third-order valence-electron chi connectivity index (χ3n) is 3.08. The average Bonchev–Trinajstić information content (AvgIpc) is 3.02. The van der Waals surface area contributed by atoms with E-state index in [1.165, 1.54) is 22.9 Å². The lowest BCUT2D eigenvalue weighted by Crippen LogP contribution is -2.05. The summed E-state index contributed by atoms with van der Waals surface area (Å²) in [4.78, 5) is 15.5. The van der Waals surface area contributed by atoms with Crippen molar-refractivity contribution in [2.24, 2.45) is 0 Å². The summed E-state index contributed by atoms with van der Waals surface area (Å²) in [6.07, 6.45) is 1.10. The van der Waals surface area contributed by atoms with Crippen molar-refractivity contribution in [3.8, 4) is 17.6 Å². The average molecular weight is 348 g/mol. The predicted octanol–water partition coefficient (Wildman–Crippen LogP) is 2.56. The first kappa shape index (κ1) is 17.9. The van der Waals surface area contributed by atoms with E-state index in [9.17, 15) is 9.18 Å². The van der Waals surface area contributed by atoms with E-state index >= 15 is 0 Å². The minimum Gasteiger partial charge on any atom is -0.491 e. The van der Waals surface area contributed by atoms with Crippen LogP contribution in [0.15, 0.2) is 23.7 Å². The second-order valence-electron chi connectivity index (χ2n) is 4.86. The van der Waals surface area contributed by atoms with Crippen LogP contribution < -0.4 is 10.1 Å². The van der Waals surface area contributed by atoms with Crippen molar-refractivity contribution < 1.29 is 19.0 Å². The Morgan fingerprint density at radius 3 is 3.04 bits per heavy atom. The zero-order chi connectivity index (χ0) is 17.4. The summed E-state index contributed by atoms with van der Waals surface area (Å²) in [5, 5.41) is 11.9. The SMILES string of the molecule is CNCC#Cc1ccc(OCCCc2scnc2C(=O)O)c(F)c1. The van der Waals surface area contributed by atoms with Crippen LogP contribution in [0.4, 0.5) is 4.39 Å². The second-order valence-corrected chi connectivity index (χ2v) is 5.80. The lowest BCUT2D eigenvalue weighted by molar-refractivity contribution is 0.0690. The van der Waals surface area contributed by atoms with Crippen LogP contribution in [0.2, 0.25) is 0 Å². The van der Waals surface area contributed by atoms with Crippen LogP contribution in [0.3, 0.4) is 0 Å². The highest BCUT2D eigenvalue weighted by Gasteiger charge is 2.13. The number of aromatic nitrogens is 1. The number of benzene rings is 1. The number of hydrogen-bond donors (Lipinski definition) is 2. The van der Waals surface area contributed by atoms with Crippen LogP contribution in [0.5, 0.6) is 5.75 Å². The van der Waals surface area contributed by atoms with Crippen molar-refractivity contribution in [2.45, 2.75) is 12.8 Å². The molecule has 2 rings (SSSR count). The number of hydrogen-bond acceptors (Lipinski definition) is 5. The zero-order valence-corrected chi connectivity index (χ0v) is 14.0. The quantitative estimate of drug-likeness (QED) is 0.594. The maximum absolute atomic E-state index is 13.9. The molecule has 5 nitrogen and oxygen atoms in total. The molecular weight excluding hydrogens is 331 g/mol. The summed E-state index contributed by atoms with van der Waals surface area (Å²) in [7, 11) is 1.79. The molecule has 24 heavy (non-hydrogen) atoms. The Hall–Kier alpha value is -2.43. The summed E-state index contributed by atoms with van der Waals surface area (Å²) in [5.41, 5.74) is 2.18. The molecule has 7 heteroatoms. The molecule has 1 aromatic carbocycles. The van der Waals surface area contributed by atoms with E-state index < -0.39 is 11.8 Å². The number of carboxylic acid groups (broad SMARTS) is 1. The lowest BCUT2D eigenvalue weighted by Gasteiger charge is -2.07. The van der Waals surface area contributed by atoms with Gasteiger partial charge >= 0.3 is 5.97 Å². The molecule has 0 aliphatic rings. The fourth-order valence-corrected chi connectivity index (χ4v) is 2.77. The molecule has 0 amide bonds. The normalized spacial score (nSPS) is 10.1. The smallest absolute Gasteiger partial charge is 0.355 e. The van der Waals surface area contributed by atoms with E-state index in [0.29, 0.717) is 36.4 Å². The first-order valence-electron chi connectivity index (χ1n) is 7.33. The molecule has 0 fully saturated rings. The van der Waals surface area contributed by atoms with Gasteiger partial charge in [0.25, 0.3) is 0 Å². The molecule has 0 unspecified atom stereocenters. The summed E-state index contributed by atoms with van der Waals surface area (Å²) >= 11 is 1.30. The van der Waals surface area contributed by atoms with Gasteiger partial charge in [0.15, 0.2) is 17.3 Å². The highest BCUT2D eigenvalue weighted by Crippen LogP contribution is 2.19. The monoisotopic (exact) mass is 348 g/mol. The van der Waals surface area contributed by atoms with Crippen molar-refractivity contribution in [2.75, 3.05) is 20.2 Å². The Balaban J connectivity index is 1.85. The van der Waals surface area contributed by atoms with E-state index in [2.05, 4.69) is 22.1 Å². The van der Waals surface area contributed by atoms with Crippen molar-refractivity contribution in [1.82, 2.24) is 10.3 Å². The molecule has 0 saturated carbocycles. The molecule has 0 radical (unpaired) electrons. The van der Waals surface area contributed by atoms with Crippen LogP contribution in [0.25, 0.3) is 0 Å². The first-order valence-corrected chi connectivity index (χ1v) is 8.21. The number of aromatic carboxylic acids is 1. The molecule has 126 valence electrons. The van der Waals surface area contributed by atoms with Gasteiger partial charge in [0.05, 0.1) is 18.7 Å². The van der Waals surface area contributed by atoms with Crippen LogP contribution in [0, 0.1) is 17.7 Å². The minimum atomic E-state index is -1.03. The third kappa shape index (κ3) is 5.05. The van der Waals surface area contributed by atoms with Gasteiger partial charge in [-0.1, -0.05) is 11.8 Å². The lowest BCUT2D eigenvalue weighted by atomic mass is 10.2. The van der Waals surface area contributed by atoms with Gasteiger partial charge in [0, 0.05) is 10.4 Å². The Kier molecular flexibility index (Phi) is 6.73. The molecule has 0 bridgehead atoms. The zero-order valence-electron chi connectivity index (χ0n) is 13.1. The Morgan fingerprint density at radius 1 is 1.50 bits per heavy atom. The Bertz CT molecular complexity index is 765. The number of ether oxygens (including phenoxy) is 1. The maximum Gasteiger partial charge on any atom is 0.355 e. The number of carbonyl (C=O) groups is 1. The molecule has 0 atom stereocenters. The molecular formula is C17H17FN2O3S. The van der Waals surface area contributed by atoms with Gasteiger partial charge < -0.3 is 15.2 Å². The summed E-state index contributed by atoms with van der Waals surface area (Å²) < 4.78 is 19.4. The van der Waals surface area contributed by atoms with Crippen molar-refractivity contribution in [1.29, 1.82) is 0 Å². The number of rotatable bonds is 7. The first-order chi connectivity index (χ1) is 11.6. The number of halogens is 1. The Morgan fingerprint density at radius 2 is 2.33 bits per heavy atom. The molecule has 0 spiro atoms. The van der Waals surface area contributed by atoms with Gasteiger partial charge in [-0.05, 0) is 38.1 Å². The number of aryl methyl sites for hydroxylation is 1. The topological polar surface area (TPSA) is 71.5 Å². The fraction of sp³-hybridized carbons (Fsp3) is 0.294. The highest BCUT2D eigenvalue weighted by molar-refractivity contribution is 7.09. The molecule has 2 N–H and O–H groups in total. The molecule has 0 aliphatic carbocycles. The van der Waals surface area contributed by atoms with Gasteiger partial charge in [-0.15, -0.1) is 11.3 Å². The van der Waals surface area contributed by atoms with E-state index in [1.54, 1.807) is 19.2 Å². The van der Waals surface area contributed by atoms with Crippen LogP contribution in [0.1, 0.15) is 27.3 Å². The van der Waals surface area contributed by atoms with Crippen LogP contribution >= 0.6 is 11.3 Å². The molecule has 1 heterocycles. The third-order valence-corrected chi connectivity index (χ3v) is 3.97. The van der Waals surface area contributed by atoms with E-state index in [-0.39, 0.29) is 11.4 Å². The number of thiazole rings is 1. The molecule has 2 aromatic rings. The molecule has 1 aromatic heterocycles. The van der Waals surface area contributed by atoms with Gasteiger partial charge in [-0.3, -0.25) is 0 Å². The van der Waals surface area contributed by atoms with E-state index in [4.69, 9.17) is 9.84 Å². The van der Waals surface area contributed by atoms with Crippen molar-refractivity contribution in [3.05, 3.63) is 45.7 Å². The molecule has 0 aliphatic heterocycles. The van der Waals surface area contributed by atoms with E-state index in [1.807, 2.05) is 0 Å². The summed E-state index contributed by atoms with van der Waals surface area (Å²) in [6, 6.07) is 4.59. The van der Waals surface area contributed by atoms with Gasteiger partial charge in [0.1, 0.15) is 0 Å². The van der Waals surface area contributed by atoms with Gasteiger partial charge in [-0.2, -0.15) is 0 Å². The number of carboxylic acids is 1. The largest absolute Gasteiger partial charge is 0.491 e. The standard InChI is InChI=1S/C17H17FN2O3S/c1-19-8-2-4-12-6-7-14(13(18)10-12)23-9-3-5-15-16(17(21)22)20-11-24-15/h6-7,10-11,19H,3,5,8-9H2,1H3,(H,21,22). The summed E-state index contributed by atoms with van der Waals surface area (Å²) in [6.45, 7) is 0.828. The van der Waals surface area contributed by atoms with Crippen LogP contribution in [-0.4, -0.2) is 36.3 Å².